The number of sulfonamides is 1. The smallest absolute Gasteiger partial charge is 0.323 e. The van der Waals surface area contributed by atoms with Crippen LogP contribution in [0.4, 0.5) is 0 Å². The van der Waals surface area contributed by atoms with Crippen LogP contribution in [0.3, 0.4) is 0 Å². The average molecular weight is 587 g/mol. The molecular weight excluding hydrogens is 540 g/mol. The van der Waals surface area contributed by atoms with Gasteiger partial charge in [0, 0.05) is 19.6 Å². The summed E-state index contributed by atoms with van der Waals surface area (Å²) in [4.78, 5) is 17.5. The number of aromatic nitrogens is 2. The highest BCUT2D eigenvalue weighted by molar-refractivity contribution is 7.89. The predicted molar refractivity (Wildman–Crippen MR) is 163 cm³/mol. The first-order valence-electron chi connectivity index (χ1n) is 14.8. The topological polar surface area (TPSA) is 128 Å². The van der Waals surface area contributed by atoms with Gasteiger partial charge in [0.25, 0.3) is 0 Å². The Bertz CT molecular complexity index is 1450. The number of fused-ring (bicyclic) bond motifs is 1. The van der Waals surface area contributed by atoms with Crippen molar-refractivity contribution in [3.8, 4) is 5.75 Å². The number of hydrogen-bond donors (Lipinski definition) is 4. The minimum Gasteiger partial charge on any atom is -0.489 e. The van der Waals surface area contributed by atoms with E-state index >= 15 is 0 Å². The van der Waals surface area contributed by atoms with Crippen LogP contribution in [0.25, 0.3) is 11.0 Å². The molecular formula is C31H46N4O5S. The maximum absolute atomic E-state index is 14.0. The van der Waals surface area contributed by atoms with E-state index in [-0.39, 0.29) is 24.1 Å². The molecule has 3 aromatic rings. The van der Waals surface area contributed by atoms with Crippen molar-refractivity contribution in [1.29, 1.82) is 0 Å². The van der Waals surface area contributed by atoms with E-state index in [0.717, 1.165) is 24.0 Å². The van der Waals surface area contributed by atoms with Crippen molar-refractivity contribution >= 4 is 21.1 Å². The second-order valence-corrected chi connectivity index (χ2v) is 14.1. The van der Waals surface area contributed by atoms with Crippen LogP contribution in [0, 0.1) is 5.92 Å². The third kappa shape index (κ3) is 7.23. The van der Waals surface area contributed by atoms with Gasteiger partial charge in [0.2, 0.25) is 10.0 Å². The summed E-state index contributed by atoms with van der Waals surface area (Å²) in [6, 6.07) is 9.51. The van der Waals surface area contributed by atoms with Crippen molar-refractivity contribution in [3.63, 3.8) is 0 Å². The zero-order valence-corrected chi connectivity index (χ0v) is 26.0. The molecule has 2 aromatic carbocycles. The quantitative estimate of drug-likeness (QED) is 0.245. The van der Waals surface area contributed by atoms with Crippen molar-refractivity contribution in [2.24, 2.45) is 5.92 Å². The lowest BCUT2D eigenvalue weighted by atomic mass is 9.89. The van der Waals surface area contributed by atoms with Crippen LogP contribution in [0.5, 0.6) is 5.75 Å². The molecule has 2 heterocycles. The maximum Gasteiger partial charge on any atom is 0.323 e. The third-order valence-corrected chi connectivity index (χ3v) is 10.0. The highest BCUT2D eigenvalue weighted by Gasteiger charge is 2.34. The number of H-pyrrole nitrogens is 2. The number of nitrogens with zero attached hydrogens (tertiary/aromatic N) is 1. The molecule has 1 atom stereocenters. The Balaban J connectivity index is 1.32. The normalized spacial score (nSPS) is 16.3. The lowest BCUT2D eigenvalue weighted by molar-refractivity contribution is 0.105. The summed E-state index contributed by atoms with van der Waals surface area (Å²) >= 11 is 0. The molecule has 0 radical (unpaired) electrons. The number of hydrogen-bond acceptors (Lipinski definition) is 6. The lowest BCUT2D eigenvalue weighted by Crippen LogP contribution is -2.42. The molecule has 1 aliphatic heterocycles. The molecule has 1 aliphatic rings. The number of nitrogens with one attached hydrogen (secondary N) is 3. The van der Waals surface area contributed by atoms with Gasteiger partial charge in [0.1, 0.15) is 24.0 Å². The van der Waals surface area contributed by atoms with E-state index in [1.54, 1.807) is 22.5 Å². The lowest BCUT2D eigenvalue weighted by Gasteiger charge is -2.33. The van der Waals surface area contributed by atoms with E-state index in [1.807, 2.05) is 0 Å². The second kappa shape index (κ2) is 13.1. The van der Waals surface area contributed by atoms with Gasteiger partial charge < -0.3 is 25.1 Å². The van der Waals surface area contributed by atoms with Crippen LogP contribution in [0.1, 0.15) is 88.8 Å². The summed E-state index contributed by atoms with van der Waals surface area (Å²) in [5.74, 6) is 1.37. The summed E-state index contributed by atoms with van der Waals surface area (Å²) in [5.41, 5.74) is 3.95. The molecule has 4 N–H and O–H groups in total. The Kier molecular flexibility index (Phi) is 10.00. The first-order valence-corrected chi connectivity index (χ1v) is 16.2. The van der Waals surface area contributed by atoms with E-state index in [0.29, 0.717) is 59.7 Å². The molecule has 1 fully saturated rings. The molecule has 0 saturated carbocycles. The SMILES string of the molecule is CC(C)c1cc(C(C)C)c(S(=O)(=O)N2CCC(CNC[C@H](O)COc3cccc4[nH]c(=O)[nH]c34)CC2)c(C(C)C)c1. The van der Waals surface area contributed by atoms with Gasteiger partial charge in [-0.2, -0.15) is 4.31 Å². The van der Waals surface area contributed by atoms with Crippen molar-refractivity contribution < 1.29 is 18.3 Å². The van der Waals surface area contributed by atoms with E-state index in [9.17, 15) is 18.3 Å². The van der Waals surface area contributed by atoms with Crippen molar-refractivity contribution in [2.45, 2.75) is 83.1 Å². The number of aliphatic hydroxyl groups excluding tert-OH is 1. The van der Waals surface area contributed by atoms with Gasteiger partial charge in [-0.25, -0.2) is 13.2 Å². The fraction of sp³-hybridized carbons (Fsp3) is 0.581. The largest absolute Gasteiger partial charge is 0.489 e. The third-order valence-electron chi connectivity index (χ3n) is 8.01. The first-order chi connectivity index (χ1) is 19.4. The predicted octanol–water partition coefficient (Wildman–Crippen LogP) is 4.66. The monoisotopic (exact) mass is 586 g/mol. The molecule has 0 unspecified atom stereocenters. The van der Waals surface area contributed by atoms with Crippen LogP contribution in [0.15, 0.2) is 40.0 Å². The summed E-state index contributed by atoms with van der Waals surface area (Å²) in [6.07, 6.45) is 0.800. The van der Waals surface area contributed by atoms with Crippen molar-refractivity contribution in [3.05, 3.63) is 57.5 Å². The Hall–Kier alpha value is -2.66. The fourth-order valence-electron chi connectivity index (χ4n) is 5.52. The number of imidazole rings is 1. The van der Waals surface area contributed by atoms with Gasteiger partial charge in [-0.1, -0.05) is 59.7 Å². The van der Waals surface area contributed by atoms with Gasteiger partial charge in [0.15, 0.2) is 0 Å². The number of benzene rings is 2. The molecule has 1 saturated heterocycles. The van der Waals surface area contributed by atoms with Gasteiger partial charge in [0.05, 0.1) is 10.4 Å². The molecule has 226 valence electrons. The molecule has 4 rings (SSSR count). The van der Waals surface area contributed by atoms with Gasteiger partial charge in [-0.05, 0) is 71.9 Å². The zero-order valence-electron chi connectivity index (χ0n) is 25.2. The maximum atomic E-state index is 14.0. The zero-order chi connectivity index (χ0) is 29.9. The number of rotatable bonds is 12. The highest BCUT2D eigenvalue weighted by atomic mass is 32.2. The molecule has 0 spiro atoms. The van der Waals surface area contributed by atoms with Crippen molar-refractivity contribution in [1.82, 2.24) is 19.6 Å². The summed E-state index contributed by atoms with van der Waals surface area (Å²) in [7, 11) is -3.63. The number of aromatic amines is 2. The van der Waals surface area contributed by atoms with Crippen LogP contribution >= 0.6 is 0 Å². The van der Waals surface area contributed by atoms with Gasteiger partial charge >= 0.3 is 5.69 Å². The number of ether oxygens (including phenoxy) is 1. The molecule has 0 aliphatic carbocycles. The second-order valence-electron chi connectivity index (χ2n) is 12.2. The molecule has 41 heavy (non-hydrogen) atoms. The van der Waals surface area contributed by atoms with E-state index < -0.39 is 16.1 Å². The minimum atomic E-state index is -3.63. The van der Waals surface area contributed by atoms with Gasteiger partial charge in [-0.15, -0.1) is 0 Å². The highest BCUT2D eigenvalue weighted by Crippen LogP contribution is 2.37. The molecule has 9 nitrogen and oxygen atoms in total. The Morgan fingerprint density at radius 3 is 2.22 bits per heavy atom. The van der Waals surface area contributed by atoms with Crippen LogP contribution in [-0.2, 0) is 10.0 Å². The Morgan fingerprint density at radius 1 is 1.00 bits per heavy atom. The molecule has 0 amide bonds. The Labute approximate surface area is 243 Å². The Morgan fingerprint density at radius 2 is 1.63 bits per heavy atom. The number of para-hydroxylation sites is 1. The first kappa shape index (κ1) is 31.3. The van der Waals surface area contributed by atoms with E-state index in [4.69, 9.17) is 4.74 Å². The van der Waals surface area contributed by atoms with Crippen LogP contribution < -0.4 is 15.7 Å². The van der Waals surface area contributed by atoms with Crippen LogP contribution in [-0.4, -0.2) is 66.7 Å². The van der Waals surface area contributed by atoms with E-state index in [1.165, 1.54) is 5.56 Å². The van der Waals surface area contributed by atoms with Gasteiger partial charge in [-0.3, -0.25) is 0 Å². The average Bonchev–Trinajstić information content (AvgIpc) is 3.32. The molecule has 0 bridgehead atoms. The summed E-state index contributed by atoms with van der Waals surface area (Å²) in [6.45, 7) is 14.7. The molecule has 10 heteroatoms. The van der Waals surface area contributed by atoms with Crippen LogP contribution in [0.2, 0.25) is 0 Å². The fourth-order valence-corrected chi connectivity index (χ4v) is 7.66. The number of aliphatic hydroxyl groups is 1. The summed E-state index contributed by atoms with van der Waals surface area (Å²) < 4.78 is 35.5. The minimum absolute atomic E-state index is 0.0853. The summed E-state index contributed by atoms with van der Waals surface area (Å²) in [5, 5.41) is 13.8. The van der Waals surface area contributed by atoms with E-state index in [2.05, 4.69) is 69.0 Å². The van der Waals surface area contributed by atoms with Crippen molar-refractivity contribution in [2.75, 3.05) is 32.8 Å². The standard InChI is InChI=1S/C31H46N4O5S/c1-19(2)23-14-25(20(3)4)30(26(15-23)21(5)6)41(38,39)35-12-10-22(11-13-35)16-32-17-24(36)18-40-28-9-7-8-27-29(28)34-31(37)33-27/h7-9,14-15,19-22,24,32,36H,10-13,16-18H2,1-6H3,(H2,33,34,37)/t24-/m0/s1. The number of piperidine rings is 1. The molecule has 1 aromatic heterocycles.